The van der Waals surface area contributed by atoms with Gasteiger partial charge in [-0.3, -0.25) is 0 Å². The standard InChI is InChI=1S/C16H19ClN4/c1-20-9-7-19-16(20)5-8-21-11-12(4-6-18)14-3-2-13(17)10-15(14)21/h2-3,7,9-11H,4-6,8,18H2,1H3. The van der Waals surface area contributed by atoms with Gasteiger partial charge in [-0.05, 0) is 30.7 Å². The topological polar surface area (TPSA) is 48.8 Å². The van der Waals surface area contributed by atoms with Crippen molar-refractivity contribution in [3.05, 3.63) is 53.2 Å². The van der Waals surface area contributed by atoms with Crippen molar-refractivity contribution in [2.75, 3.05) is 6.54 Å². The van der Waals surface area contributed by atoms with Crippen LogP contribution in [0.3, 0.4) is 0 Å². The number of nitrogens with zero attached hydrogens (tertiary/aromatic N) is 3. The van der Waals surface area contributed by atoms with Gasteiger partial charge in [0.2, 0.25) is 0 Å². The van der Waals surface area contributed by atoms with Crippen LogP contribution in [-0.2, 0) is 26.4 Å². The van der Waals surface area contributed by atoms with Gasteiger partial charge in [-0.25, -0.2) is 4.98 Å². The van der Waals surface area contributed by atoms with Crippen LogP contribution in [0.4, 0.5) is 0 Å². The fourth-order valence-electron chi connectivity index (χ4n) is 2.74. The molecule has 0 radical (unpaired) electrons. The minimum absolute atomic E-state index is 0.654. The molecule has 0 atom stereocenters. The van der Waals surface area contributed by atoms with E-state index in [1.807, 2.05) is 31.6 Å². The van der Waals surface area contributed by atoms with E-state index in [1.54, 1.807) is 0 Å². The van der Waals surface area contributed by atoms with Crippen molar-refractivity contribution in [2.24, 2.45) is 12.8 Å². The van der Waals surface area contributed by atoms with Gasteiger partial charge in [0.05, 0.1) is 0 Å². The molecule has 4 nitrogen and oxygen atoms in total. The van der Waals surface area contributed by atoms with Gasteiger partial charge in [0.1, 0.15) is 5.82 Å². The Bertz CT molecular complexity index is 757. The monoisotopic (exact) mass is 302 g/mol. The van der Waals surface area contributed by atoms with Crippen molar-refractivity contribution >= 4 is 22.5 Å². The molecule has 0 spiro atoms. The average Bonchev–Trinajstić information content (AvgIpc) is 3.01. The minimum atomic E-state index is 0.654. The molecule has 5 heteroatoms. The number of nitrogens with two attached hydrogens (primary N) is 1. The Morgan fingerprint density at radius 3 is 2.86 bits per heavy atom. The molecular weight excluding hydrogens is 284 g/mol. The molecule has 0 aliphatic rings. The highest BCUT2D eigenvalue weighted by molar-refractivity contribution is 6.31. The lowest BCUT2D eigenvalue weighted by Crippen LogP contribution is -2.05. The molecule has 0 saturated carbocycles. The molecule has 3 aromatic rings. The first-order chi connectivity index (χ1) is 10.2. The van der Waals surface area contributed by atoms with E-state index < -0.39 is 0 Å². The molecule has 0 aliphatic heterocycles. The molecule has 0 unspecified atom stereocenters. The average molecular weight is 303 g/mol. The summed E-state index contributed by atoms with van der Waals surface area (Å²) in [7, 11) is 2.02. The van der Waals surface area contributed by atoms with E-state index in [9.17, 15) is 0 Å². The van der Waals surface area contributed by atoms with Gasteiger partial charge in [0.15, 0.2) is 0 Å². The number of hydrogen-bond acceptors (Lipinski definition) is 2. The highest BCUT2D eigenvalue weighted by Gasteiger charge is 2.09. The summed E-state index contributed by atoms with van der Waals surface area (Å²) < 4.78 is 4.31. The highest BCUT2D eigenvalue weighted by atomic mass is 35.5. The summed E-state index contributed by atoms with van der Waals surface area (Å²) in [6.45, 7) is 1.54. The molecule has 1 aromatic carbocycles. The van der Waals surface area contributed by atoms with Crippen LogP contribution < -0.4 is 5.73 Å². The summed E-state index contributed by atoms with van der Waals surface area (Å²) in [6.07, 6.45) is 7.77. The second kappa shape index (κ2) is 5.92. The molecule has 2 aromatic heterocycles. The number of aryl methyl sites for hydroxylation is 3. The van der Waals surface area contributed by atoms with E-state index in [1.165, 1.54) is 16.5 Å². The Hall–Kier alpha value is -1.78. The third-order valence-corrected chi connectivity index (χ3v) is 4.07. The lowest BCUT2D eigenvalue weighted by molar-refractivity contribution is 0.666. The van der Waals surface area contributed by atoms with Gasteiger partial charge in [0.25, 0.3) is 0 Å². The Balaban J connectivity index is 1.93. The normalized spacial score (nSPS) is 11.4. The van der Waals surface area contributed by atoms with Gasteiger partial charge >= 0.3 is 0 Å². The van der Waals surface area contributed by atoms with E-state index >= 15 is 0 Å². The maximum Gasteiger partial charge on any atom is 0.110 e. The Morgan fingerprint density at radius 2 is 2.14 bits per heavy atom. The van der Waals surface area contributed by atoms with Crippen LogP contribution in [0.2, 0.25) is 5.02 Å². The van der Waals surface area contributed by atoms with Gasteiger partial charge in [0, 0.05) is 54.5 Å². The van der Waals surface area contributed by atoms with Gasteiger partial charge < -0.3 is 14.9 Å². The zero-order valence-electron chi connectivity index (χ0n) is 12.1. The van der Waals surface area contributed by atoms with E-state index in [0.29, 0.717) is 6.54 Å². The van der Waals surface area contributed by atoms with Crippen molar-refractivity contribution < 1.29 is 0 Å². The zero-order valence-corrected chi connectivity index (χ0v) is 12.8. The molecule has 0 fully saturated rings. The van der Waals surface area contributed by atoms with Crippen LogP contribution in [-0.4, -0.2) is 20.7 Å². The quantitative estimate of drug-likeness (QED) is 0.788. The summed E-state index contributed by atoms with van der Waals surface area (Å²) in [6, 6.07) is 6.04. The first-order valence-corrected chi connectivity index (χ1v) is 7.50. The van der Waals surface area contributed by atoms with Gasteiger partial charge in [-0.2, -0.15) is 0 Å². The summed E-state index contributed by atoms with van der Waals surface area (Å²) in [5.74, 6) is 1.08. The molecule has 21 heavy (non-hydrogen) atoms. The largest absolute Gasteiger partial charge is 0.347 e. The minimum Gasteiger partial charge on any atom is -0.347 e. The molecule has 110 valence electrons. The van der Waals surface area contributed by atoms with Crippen LogP contribution in [0.1, 0.15) is 11.4 Å². The van der Waals surface area contributed by atoms with Crippen LogP contribution in [0, 0.1) is 0 Å². The molecule has 2 heterocycles. The van der Waals surface area contributed by atoms with Crippen LogP contribution in [0.5, 0.6) is 0 Å². The van der Waals surface area contributed by atoms with E-state index in [2.05, 4.69) is 26.4 Å². The molecule has 0 amide bonds. The summed E-state index contributed by atoms with van der Waals surface area (Å²) in [5.41, 5.74) is 8.16. The Morgan fingerprint density at radius 1 is 1.29 bits per heavy atom. The smallest absolute Gasteiger partial charge is 0.110 e. The van der Waals surface area contributed by atoms with Crippen LogP contribution >= 0.6 is 11.6 Å². The van der Waals surface area contributed by atoms with E-state index in [-0.39, 0.29) is 0 Å². The predicted octanol–water partition coefficient (Wildman–Crippen LogP) is 2.77. The Kier molecular flexibility index (Phi) is 3.99. The number of hydrogen-bond donors (Lipinski definition) is 1. The van der Waals surface area contributed by atoms with Gasteiger partial charge in [-0.1, -0.05) is 17.7 Å². The van der Waals surface area contributed by atoms with Crippen molar-refractivity contribution in [1.29, 1.82) is 0 Å². The number of rotatable bonds is 5. The summed E-state index contributed by atoms with van der Waals surface area (Å²) >= 11 is 6.15. The fourth-order valence-corrected chi connectivity index (χ4v) is 2.91. The van der Waals surface area contributed by atoms with Crippen molar-refractivity contribution in [1.82, 2.24) is 14.1 Å². The molecule has 0 saturated heterocycles. The SMILES string of the molecule is Cn1ccnc1CCn1cc(CCN)c2ccc(Cl)cc21. The molecule has 2 N–H and O–H groups in total. The lowest BCUT2D eigenvalue weighted by atomic mass is 10.1. The maximum absolute atomic E-state index is 6.15. The Labute approximate surface area is 129 Å². The predicted molar refractivity (Wildman–Crippen MR) is 86.6 cm³/mol. The summed E-state index contributed by atoms with van der Waals surface area (Å²) in [4.78, 5) is 4.38. The number of halogens is 1. The third-order valence-electron chi connectivity index (χ3n) is 3.84. The van der Waals surface area contributed by atoms with Crippen molar-refractivity contribution in [2.45, 2.75) is 19.4 Å². The first kappa shape index (κ1) is 14.2. The number of benzene rings is 1. The van der Waals surface area contributed by atoms with E-state index in [0.717, 1.165) is 30.2 Å². The number of aromatic nitrogens is 3. The van der Waals surface area contributed by atoms with Crippen LogP contribution in [0.25, 0.3) is 10.9 Å². The molecule has 0 aliphatic carbocycles. The maximum atomic E-state index is 6.15. The first-order valence-electron chi connectivity index (χ1n) is 7.12. The third kappa shape index (κ3) is 2.82. The second-order valence-corrected chi connectivity index (χ2v) is 5.69. The molecular formula is C16H19ClN4. The molecule has 0 bridgehead atoms. The number of fused-ring (bicyclic) bond motifs is 1. The highest BCUT2D eigenvalue weighted by Crippen LogP contribution is 2.25. The zero-order chi connectivity index (χ0) is 14.8. The molecule has 3 rings (SSSR count). The van der Waals surface area contributed by atoms with Gasteiger partial charge in [-0.15, -0.1) is 0 Å². The summed E-state index contributed by atoms with van der Waals surface area (Å²) in [5, 5.41) is 2.00. The van der Waals surface area contributed by atoms with Crippen molar-refractivity contribution in [3.8, 4) is 0 Å². The van der Waals surface area contributed by atoms with E-state index in [4.69, 9.17) is 17.3 Å². The van der Waals surface area contributed by atoms with Crippen LogP contribution in [0.15, 0.2) is 36.8 Å². The lowest BCUT2D eigenvalue weighted by Gasteiger charge is -2.06. The second-order valence-electron chi connectivity index (χ2n) is 5.25. The fraction of sp³-hybridized carbons (Fsp3) is 0.312. The van der Waals surface area contributed by atoms with Crippen molar-refractivity contribution in [3.63, 3.8) is 0 Å². The number of imidazole rings is 1.